The van der Waals surface area contributed by atoms with Crippen LogP contribution in [-0.4, -0.2) is 26.2 Å². The number of esters is 1. The number of anilines is 1. The second-order valence-corrected chi connectivity index (χ2v) is 6.57. The topological polar surface area (TPSA) is 53.3 Å². The number of rotatable bonds is 4. The summed E-state index contributed by atoms with van der Waals surface area (Å²) in [4.78, 5) is 13.8. The fourth-order valence-corrected chi connectivity index (χ4v) is 3.45. The Morgan fingerprint density at radius 3 is 2.68 bits per heavy atom. The van der Waals surface area contributed by atoms with Gasteiger partial charge in [-0.25, -0.2) is 0 Å². The fraction of sp³-hybridized carbons (Fsp3) is 0.333. The molecule has 1 fully saturated rings. The van der Waals surface area contributed by atoms with Gasteiger partial charge < -0.3 is 9.64 Å². The van der Waals surface area contributed by atoms with E-state index in [9.17, 15) is 4.79 Å². The third-order valence-electron chi connectivity index (χ3n) is 4.87. The summed E-state index contributed by atoms with van der Waals surface area (Å²) in [6, 6.07) is 16.3. The zero-order valence-electron chi connectivity index (χ0n) is 14.7. The van der Waals surface area contributed by atoms with Crippen molar-refractivity contribution in [1.29, 1.82) is 5.26 Å². The van der Waals surface area contributed by atoms with Crippen molar-refractivity contribution in [3.8, 4) is 17.2 Å². The van der Waals surface area contributed by atoms with Gasteiger partial charge in [-0.3, -0.25) is 4.79 Å². The molecule has 25 heavy (non-hydrogen) atoms. The number of nitrogens with zero attached hydrogens (tertiary/aromatic N) is 2. The second-order valence-electron chi connectivity index (χ2n) is 6.57. The van der Waals surface area contributed by atoms with Gasteiger partial charge in [0.2, 0.25) is 0 Å². The minimum absolute atomic E-state index is 0.126. The van der Waals surface area contributed by atoms with Crippen LogP contribution >= 0.6 is 0 Å². The monoisotopic (exact) mass is 334 g/mol. The molecule has 1 saturated heterocycles. The average molecular weight is 334 g/mol. The molecule has 1 atom stereocenters. The zero-order valence-corrected chi connectivity index (χ0v) is 14.7. The van der Waals surface area contributed by atoms with E-state index in [4.69, 9.17) is 10.00 Å². The number of ether oxygens (including phenoxy) is 1. The molecule has 0 amide bonds. The first kappa shape index (κ1) is 17.0. The number of carbonyl (C=O) groups excluding carboxylic acids is 1. The third-order valence-corrected chi connectivity index (χ3v) is 4.87. The van der Waals surface area contributed by atoms with Crippen molar-refractivity contribution < 1.29 is 9.53 Å². The smallest absolute Gasteiger partial charge is 0.305 e. The molecule has 0 aliphatic carbocycles. The number of benzene rings is 2. The average Bonchev–Trinajstić information content (AvgIpc) is 3.10. The lowest BCUT2D eigenvalue weighted by Gasteiger charge is -2.20. The lowest BCUT2D eigenvalue weighted by atomic mass is 9.99. The van der Waals surface area contributed by atoms with Gasteiger partial charge in [0, 0.05) is 18.8 Å². The molecule has 2 aromatic carbocycles. The van der Waals surface area contributed by atoms with Crippen molar-refractivity contribution >= 4 is 11.7 Å². The normalized spacial score (nSPS) is 16.5. The van der Waals surface area contributed by atoms with Crippen molar-refractivity contribution in [3.63, 3.8) is 0 Å². The molecule has 0 aromatic heterocycles. The van der Waals surface area contributed by atoms with Gasteiger partial charge in [-0.1, -0.05) is 18.2 Å². The van der Waals surface area contributed by atoms with Crippen molar-refractivity contribution in [2.24, 2.45) is 5.92 Å². The highest BCUT2D eigenvalue weighted by Gasteiger charge is 2.25. The molecule has 1 heterocycles. The SMILES string of the molecule is COC(=O)CC1CCN(c2ccc(-c3ccc(C#N)cc3)c(C)c2)C1. The van der Waals surface area contributed by atoms with Crippen molar-refractivity contribution in [2.75, 3.05) is 25.1 Å². The number of carbonyl (C=O) groups is 1. The molecule has 0 radical (unpaired) electrons. The maximum absolute atomic E-state index is 11.5. The zero-order chi connectivity index (χ0) is 17.8. The third kappa shape index (κ3) is 3.83. The number of nitriles is 1. The van der Waals surface area contributed by atoms with Gasteiger partial charge in [-0.2, -0.15) is 5.26 Å². The van der Waals surface area contributed by atoms with Gasteiger partial charge in [0.1, 0.15) is 0 Å². The summed E-state index contributed by atoms with van der Waals surface area (Å²) in [6.07, 6.45) is 1.51. The Balaban J connectivity index is 1.74. The maximum Gasteiger partial charge on any atom is 0.305 e. The molecule has 1 aliphatic heterocycles. The highest BCUT2D eigenvalue weighted by atomic mass is 16.5. The number of hydrogen-bond acceptors (Lipinski definition) is 4. The summed E-state index contributed by atoms with van der Waals surface area (Å²) in [5.74, 6) is 0.241. The van der Waals surface area contributed by atoms with E-state index < -0.39 is 0 Å². The van der Waals surface area contributed by atoms with Crippen molar-refractivity contribution in [2.45, 2.75) is 19.8 Å². The van der Waals surface area contributed by atoms with E-state index in [1.54, 1.807) is 0 Å². The number of methoxy groups -OCH3 is 1. The van der Waals surface area contributed by atoms with Gasteiger partial charge in [-0.05, 0) is 60.2 Å². The Bertz CT molecular complexity index is 806. The van der Waals surface area contributed by atoms with E-state index in [0.717, 1.165) is 25.1 Å². The number of hydrogen-bond donors (Lipinski definition) is 0. The molecule has 4 nitrogen and oxygen atoms in total. The first-order valence-corrected chi connectivity index (χ1v) is 8.53. The predicted molar refractivity (Wildman–Crippen MR) is 98.3 cm³/mol. The molecule has 128 valence electrons. The molecule has 0 N–H and O–H groups in total. The molecule has 3 rings (SSSR count). The van der Waals surface area contributed by atoms with Crippen LogP contribution in [0.3, 0.4) is 0 Å². The molecular formula is C21H22N2O2. The van der Waals surface area contributed by atoms with E-state index in [0.29, 0.717) is 17.9 Å². The lowest BCUT2D eigenvalue weighted by molar-refractivity contribution is -0.141. The van der Waals surface area contributed by atoms with E-state index >= 15 is 0 Å². The van der Waals surface area contributed by atoms with Gasteiger partial charge in [0.05, 0.1) is 25.2 Å². The molecule has 0 spiro atoms. The van der Waals surface area contributed by atoms with Crippen LogP contribution in [0.4, 0.5) is 5.69 Å². The molecule has 1 unspecified atom stereocenters. The maximum atomic E-state index is 11.5. The Morgan fingerprint density at radius 2 is 2.04 bits per heavy atom. The Morgan fingerprint density at radius 1 is 1.28 bits per heavy atom. The van der Waals surface area contributed by atoms with Crippen LogP contribution in [-0.2, 0) is 9.53 Å². The largest absolute Gasteiger partial charge is 0.469 e. The van der Waals surface area contributed by atoms with Crippen LogP contribution in [0, 0.1) is 24.2 Å². The molecule has 1 aliphatic rings. The fourth-order valence-electron chi connectivity index (χ4n) is 3.45. The van der Waals surface area contributed by atoms with Crippen LogP contribution in [0.25, 0.3) is 11.1 Å². The molecule has 0 bridgehead atoms. The Labute approximate surface area is 148 Å². The number of aryl methyl sites for hydroxylation is 1. The van der Waals surface area contributed by atoms with Crippen LogP contribution in [0.2, 0.25) is 0 Å². The van der Waals surface area contributed by atoms with Gasteiger partial charge >= 0.3 is 5.97 Å². The summed E-state index contributed by atoms with van der Waals surface area (Å²) < 4.78 is 4.78. The van der Waals surface area contributed by atoms with Crippen LogP contribution in [0.5, 0.6) is 0 Å². The van der Waals surface area contributed by atoms with Crippen LogP contribution < -0.4 is 4.90 Å². The van der Waals surface area contributed by atoms with E-state index in [2.05, 4.69) is 36.1 Å². The highest BCUT2D eigenvalue weighted by Crippen LogP contribution is 2.31. The molecule has 2 aromatic rings. The highest BCUT2D eigenvalue weighted by molar-refractivity contribution is 5.71. The summed E-state index contributed by atoms with van der Waals surface area (Å²) in [7, 11) is 1.44. The molecular weight excluding hydrogens is 312 g/mol. The predicted octanol–water partition coefficient (Wildman–Crippen LogP) is 3.92. The Hall–Kier alpha value is -2.80. The van der Waals surface area contributed by atoms with E-state index in [-0.39, 0.29) is 5.97 Å². The summed E-state index contributed by atoms with van der Waals surface area (Å²) >= 11 is 0. The standard InChI is InChI=1S/C21H22N2O2/c1-15-11-19(23-10-9-17(14-23)12-21(24)25-2)7-8-20(15)18-5-3-16(13-22)4-6-18/h3-8,11,17H,9-10,12,14H2,1-2H3. The quantitative estimate of drug-likeness (QED) is 0.795. The first-order chi connectivity index (χ1) is 12.1. The Kier molecular flexibility index (Phi) is 5.04. The summed E-state index contributed by atoms with van der Waals surface area (Å²) in [5, 5.41) is 8.92. The van der Waals surface area contributed by atoms with Crippen molar-refractivity contribution in [1.82, 2.24) is 0 Å². The lowest BCUT2D eigenvalue weighted by Crippen LogP contribution is -2.20. The van der Waals surface area contributed by atoms with Crippen LogP contribution in [0.1, 0.15) is 24.0 Å². The summed E-state index contributed by atoms with van der Waals surface area (Å²) in [6.45, 7) is 3.97. The van der Waals surface area contributed by atoms with E-state index in [1.165, 1.54) is 23.9 Å². The van der Waals surface area contributed by atoms with Gasteiger partial charge in [0.25, 0.3) is 0 Å². The summed E-state index contributed by atoms with van der Waals surface area (Å²) in [5.41, 5.74) is 5.37. The minimum atomic E-state index is -0.126. The van der Waals surface area contributed by atoms with Gasteiger partial charge in [0.15, 0.2) is 0 Å². The van der Waals surface area contributed by atoms with E-state index in [1.807, 2.05) is 24.3 Å². The molecule has 0 saturated carbocycles. The first-order valence-electron chi connectivity index (χ1n) is 8.53. The van der Waals surface area contributed by atoms with Crippen molar-refractivity contribution in [3.05, 3.63) is 53.6 Å². The molecule has 4 heteroatoms. The van der Waals surface area contributed by atoms with Gasteiger partial charge in [-0.15, -0.1) is 0 Å². The second kappa shape index (κ2) is 7.40. The van der Waals surface area contributed by atoms with Crippen LogP contribution in [0.15, 0.2) is 42.5 Å². The minimum Gasteiger partial charge on any atom is -0.469 e.